The lowest BCUT2D eigenvalue weighted by Crippen LogP contribution is -2.33. The molecular weight excluding hydrogens is 342 g/mol. The topological polar surface area (TPSA) is 133 Å². The van der Waals surface area contributed by atoms with Gasteiger partial charge in [-0.3, -0.25) is 0 Å². The summed E-state index contributed by atoms with van der Waals surface area (Å²) in [5.41, 5.74) is 20.3. The summed E-state index contributed by atoms with van der Waals surface area (Å²) in [5.74, 6) is 1.21. The number of hydrogen-bond donors (Lipinski definition) is 4. The van der Waals surface area contributed by atoms with Gasteiger partial charge < -0.3 is 27.0 Å². The molecule has 27 heavy (non-hydrogen) atoms. The van der Waals surface area contributed by atoms with Crippen LogP contribution >= 0.6 is 0 Å². The molecule has 0 amide bonds. The maximum absolute atomic E-state index is 10.7. The summed E-state index contributed by atoms with van der Waals surface area (Å²) in [7, 11) is 0. The molecule has 3 rings (SSSR count). The average molecular weight is 367 g/mol. The number of hydrogen-bond acceptors (Lipinski definition) is 7. The fourth-order valence-corrected chi connectivity index (χ4v) is 3.04. The predicted octanol–water partition coefficient (Wildman–Crippen LogP) is 2.40. The smallest absolute Gasteiger partial charge is 0.221 e. The third-order valence-corrected chi connectivity index (χ3v) is 4.45. The first-order valence-corrected chi connectivity index (χ1v) is 8.83. The Balaban J connectivity index is 1.97. The van der Waals surface area contributed by atoms with Crippen molar-refractivity contribution in [3.63, 3.8) is 0 Å². The van der Waals surface area contributed by atoms with Gasteiger partial charge in [-0.1, -0.05) is 18.2 Å². The van der Waals surface area contributed by atoms with E-state index in [0.717, 1.165) is 16.7 Å². The molecule has 0 fully saturated rings. The van der Waals surface area contributed by atoms with E-state index in [1.54, 1.807) is 12.3 Å². The standard InChI is InChI=1S/C20H25N5O2/c1-3-27-16-10-12(8-14-11-24-19(22)25-18(14)21)9-15(26)17(16)13-4-6-20(2,23)7-5-13/h4-6,9-11,26H,3,7-8,23H2,1-2H3,(H4,21,22,24,25). The first-order valence-electron chi connectivity index (χ1n) is 8.83. The number of nitrogens with zero attached hydrogens (tertiary/aromatic N) is 2. The predicted molar refractivity (Wildman–Crippen MR) is 107 cm³/mol. The minimum atomic E-state index is -0.377. The molecule has 7 nitrogen and oxygen atoms in total. The third kappa shape index (κ3) is 4.20. The molecule has 0 saturated heterocycles. The fourth-order valence-electron chi connectivity index (χ4n) is 3.04. The van der Waals surface area contributed by atoms with Gasteiger partial charge in [0.1, 0.15) is 17.3 Å². The molecule has 2 aromatic rings. The Labute approximate surface area is 158 Å². The number of rotatable bonds is 5. The molecule has 0 bridgehead atoms. The second-order valence-electron chi connectivity index (χ2n) is 6.94. The molecule has 0 saturated carbocycles. The highest BCUT2D eigenvalue weighted by molar-refractivity contribution is 5.83. The number of aromatic hydroxyl groups is 1. The molecule has 0 radical (unpaired) electrons. The highest BCUT2D eigenvalue weighted by Gasteiger charge is 2.21. The Bertz CT molecular complexity index is 919. The van der Waals surface area contributed by atoms with Gasteiger partial charge in [-0.25, -0.2) is 4.98 Å². The number of benzene rings is 1. The summed E-state index contributed by atoms with van der Waals surface area (Å²) in [6.45, 7) is 4.35. The number of nitrogen functional groups attached to an aromatic ring is 2. The van der Waals surface area contributed by atoms with Gasteiger partial charge >= 0.3 is 0 Å². The van der Waals surface area contributed by atoms with E-state index in [1.807, 2.05) is 38.1 Å². The molecular formula is C20H25N5O2. The highest BCUT2D eigenvalue weighted by atomic mass is 16.5. The van der Waals surface area contributed by atoms with Crippen molar-refractivity contribution in [1.82, 2.24) is 9.97 Å². The average Bonchev–Trinajstić information content (AvgIpc) is 2.58. The van der Waals surface area contributed by atoms with Crippen molar-refractivity contribution in [3.05, 3.63) is 53.2 Å². The second kappa shape index (κ2) is 7.28. The van der Waals surface area contributed by atoms with Crippen molar-refractivity contribution in [1.29, 1.82) is 0 Å². The number of phenolic OH excluding ortho intramolecular Hbond substituents is 1. The van der Waals surface area contributed by atoms with Crippen LogP contribution in [0.4, 0.5) is 11.8 Å². The second-order valence-corrected chi connectivity index (χ2v) is 6.94. The van der Waals surface area contributed by atoms with Crippen molar-refractivity contribution in [3.8, 4) is 11.5 Å². The lowest BCUT2D eigenvalue weighted by Gasteiger charge is -2.24. The van der Waals surface area contributed by atoms with Crippen LogP contribution in [-0.4, -0.2) is 27.2 Å². The van der Waals surface area contributed by atoms with E-state index >= 15 is 0 Å². The lowest BCUT2D eigenvalue weighted by atomic mass is 9.88. The van der Waals surface area contributed by atoms with Gasteiger partial charge in [0.05, 0.1) is 12.2 Å². The Kier molecular flexibility index (Phi) is 5.05. The molecule has 0 spiro atoms. The number of phenols is 1. The molecule has 1 aliphatic rings. The molecule has 1 aromatic heterocycles. The normalized spacial score (nSPS) is 19.0. The summed E-state index contributed by atoms with van der Waals surface area (Å²) in [5, 5.41) is 10.7. The molecule has 1 heterocycles. The third-order valence-electron chi connectivity index (χ3n) is 4.45. The zero-order valence-electron chi connectivity index (χ0n) is 15.6. The van der Waals surface area contributed by atoms with E-state index in [2.05, 4.69) is 9.97 Å². The van der Waals surface area contributed by atoms with Crippen LogP contribution in [0.25, 0.3) is 5.57 Å². The molecule has 0 aliphatic heterocycles. The zero-order valence-corrected chi connectivity index (χ0v) is 15.6. The summed E-state index contributed by atoms with van der Waals surface area (Å²) in [6.07, 6.45) is 8.62. The van der Waals surface area contributed by atoms with Crippen LogP contribution in [0.15, 0.2) is 36.6 Å². The lowest BCUT2D eigenvalue weighted by molar-refractivity contribution is 0.336. The molecule has 142 valence electrons. The molecule has 7 N–H and O–H groups in total. The molecule has 1 atom stereocenters. The molecule has 1 aliphatic carbocycles. The number of aromatic nitrogens is 2. The van der Waals surface area contributed by atoms with E-state index in [9.17, 15) is 5.11 Å². The highest BCUT2D eigenvalue weighted by Crippen LogP contribution is 2.39. The van der Waals surface area contributed by atoms with Gasteiger partial charge in [0.25, 0.3) is 0 Å². The van der Waals surface area contributed by atoms with Crippen molar-refractivity contribution >= 4 is 17.3 Å². The molecule has 1 unspecified atom stereocenters. The van der Waals surface area contributed by atoms with Crippen LogP contribution in [0.5, 0.6) is 11.5 Å². The van der Waals surface area contributed by atoms with Crippen molar-refractivity contribution < 1.29 is 9.84 Å². The van der Waals surface area contributed by atoms with Gasteiger partial charge in [-0.2, -0.15) is 4.98 Å². The Morgan fingerprint density at radius 3 is 2.70 bits per heavy atom. The Hall–Kier alpha value is -3.06. The zero-order chi connectivity index (χ0) is 19.6. The minimum absolute atomic E-state index is 0.132. The quantitative estimate of drug-likeness (QED) is 0.637. The SMILES string of the molecule is CCOc1cc(Cc2cnc(N)nc2N)cc(O)c1C1=CCC(C)(N)C=C1. The molecule has 7 heteroatoms. The van der Waals surface area contributed by atoms with Crippen LogP contribution in [-0.2, 0) is 6.42 Å². The van der Waals surface area contributed by atoms with Crippen molar-refractivity contribution in [2.75, 3.05) is 18.1 Å². The maximum atomic E-state index is 10.7. The van der Waals surface area contributed by atoms with Crippen LogP contribution < -0.4 is 21.9 Å². The number of anilines is 2. The van der Waals surface area contributed by atoms with Crippen LogP contribution in [0, 0.1) is 0 Å². The first kappa shape index (κ1) is 18.7. The summed E-state index contributed by atoms with van der Waals surface area (Å²) < 4.78 is 5.80. The van der Waals surface area contributed by atoms with Gasteiger partial charge in [0, 0.05) is 23.7 Å². The summed E-state index contributed by atoms with van der Waals surface area (Å²) in [4.78, 5) is 7.96. The largest absolute Gasteiger partial charge is 0.507 e. The van der Waals surface area contributed by atoms with Gasteiger partial charge in [-0.05, 0) is 43.5 Å². The fraction of sp³-hybridized carbons (Fsp3) is 0.300. The van der Waals surface area contributed by atoms with E-state index in [4.69, 9.17) is 21.9 Å². The number of allylic oxidation sites excluding steroid dienone is 2. The maximum Gasteiger partial charge on any atom is 0.221 e. The molecule has 1 aromatic carbocycles. The van der Waals surface area contributed by atoms with Crippen molar-refractivity contribution in [2.24, 2.45) is 5.73 Å². The van der Waals surface area contributed by atoms with Gasteiger partial charge in [0.15, 0.2) is 0 Å². The monoisotopic (exact) mass is 367 g/mol. The Morgan fingerprint density at radius 1 is 1.30 bits per heavy atom. The van der Waals surface area contributed by atoms with E-state index in [0.29, 0.717) is 36.6 Å². The first-order chi connectivity index (χ1) is 12.8. The van der Waals surface area contributed by atoms with Crippen LogP contribution in [0.1, 0.15) is 37.0 Å². The number of ether oxygens (including phenoxy) is 1. The van der Waals surface area contributed by atoms with E-state index in [-0.39, 0.29) is 17.2 Å². The van der Waals surface area contributed by atoms with Crippen LogP contribution in [0.2, 0.25) is 0 Å². The van der Waals surface area contributed by atoms with Gasteiger partial charge in [-0.15, -0.1) is 0 Å². The van der Waals surface area contributed by atoms with Gasteiger partial charge in [0.2, 0.25) is 5.95 Å². The van der Waals surface area contributed by atoms with Crippen LogP contribution in [0.3, 0.4) is 0 Å². The minimum Gasteiger partial charge on any atom is -0.507 e. The summed E-state index contributed by atoms with van der Waals surface area (Å²) >= 11 is 0. The number of nitrogens with two attached hydrogens (primary N) is 3. The summed E-state index contributed by atoms with van der Waals surface area (Å²) in [6, 6.07) is 3.61. The van der Waals surface area contributed by atoms with E-state index in [1.165, 1.54) is 0 Å². The Morgan fingerprint density at radius 2 is 2.07 bits per heavy atom. The van der Waals surface area contributed by atoms with Crippen molar-refractivity contribution in [2.45, 2.75) is 32.2 Å². The van der Waals surface area contributed by atoms with E-state index < -0.39 is 0 Å².